The van der Waals surface area contributed by atoms with Crippen LogP contribution in [-0.2, 0) is 24.7 Å². The van der Waals surface area contributed by atoms with Gasteiger partial charge in [0.05, 0.1) is 22.9 Å². The van der Waals surface area contributed by atoms with Gasteiger partial charge in [0.2, 0.25) is 15.9 Å². The number of sulfonamides is 1. The van der Waals surface area contributed by atoms with Gasteiger partial charge in [-0.2, -0.15) is 4.31 Å². The van der Waals surface area contributed by atoms with E-state index in [-0.39, 0.29) is 40.9 Å². The molecule has 1 atom stereocenters. The summed E-state index contributed by atoms with van der Waals surface area (Å²) in [7, 11) is -6.69. The van der Waals surface area contributed by atoms with Gasteiger partial charge in [0.15, 0.2) is 9.84 Å². The third kappa shape index (κ3) is 5.90. The van der Waals surface area contributed by atoms with E-state index in [4.69, 9.17) is 11.6 Å². The van der Waals surface area contributed by atoms with Gasteiger partial charge in [0.1, 0.15) is 0 Å². The van der Waals surface area contributed by atoms with E-state index in [0.29, 0.717) is 37.6 Å². The van der Waals surface area contributed by atoms with Crippen LogP contribution in [0, 0.1) is 0 Å². The second-order valence-corrected chi connectivity index (χ2v) is 13.9. The SMILES string of the molecule is O=C(CN1CCN(S(=O)(=O)c2ccc(Cl)cc2)CC1)N(C1CCCCC1)[C@H]1CCS(=O)(=O)C1. The summed E-state index contributed by atoms with van der Waals surface area (Å²) in [6.07, 6.45) is 5.65. The molecule has 0 N–H and O–H groups in total. The van der Waals surface area contributed by atoms with E-state index in [1.165, 1.54) is 16.4 Å². The van der Waals surface area contributed by atoms with Crippen LogP contribution in [0.15, 0.2) is 29.2 Å². The van der Waals surface area contributed by atoms with E-state index in [1.54, 1.807) is 12.1 Å². The fourth-order valence-electron chi connectivity index (χ4n) is 5.22. The van der Waals surface area contributed by atoms with Crippen LogP contribution in [0.4, 0.5) is 0 Å². The summed E-state index contributed by atoms with van der Waals surface area (Å²) in [5, 5.41) is 0.481. The fraction of sp³-hybridized carbons (Fsp3) is 0.682. The van der Waals surface area contributed by atoms with Crippen LogP contribution in [0.1, 0.15) is 38.5 Å². The van der Waals surface area contributed by atoms with E-state index in [0.717, 1.165) is 32.1 Å². The van der Waals surface area contributed by atoms with Gasteiger partial charge in [-0.05, 0) is 43.5 Å². The molecule has 11 heteroatoms. The molecule has 4 rings (SSSR count). The highest BCUT2D eigenvalue weighted by Gasteiger charge is 2.39. The van der Waals surface area contributed by atoms with Crippen molar-refractivity contribution in [2.75, 3.05) is 44.2 Å². The van der Waals surface area contributed by atoms with Crippen LogP contribution in [0.25, 0.3) is 0 Å². The molecule has 0 bridgehead atoms. The van der Waals surface area contributed by atoms with Gasteiger partial charge >= 0.3 is 0 Å². The lowest BCUT2D eigenvalue weighted by Gasteiger charge is -2.40. The molecule has 0 spiro atoms. The molecule has 3 fully saturated rings. The number of halogens is 1. The number of hydrogen-bond donors (Lipinski definition) is 0. The van der Waals surface area contributed by atoms with Crippen molar-refractivity contribution >= 4 is 37.4 Å². The highest BCUT2D eigenvalue weighted by Crippen LogP contribution is 2.29. The van der Waals surface area contributed by atoms with Crippen LogP contribution in [-0.4, -0.2) is 93.2 Å². The van der Waals surface area contributed by atoms with Crippen molar-refractivity contribution in [3.63, 3.8) is 0 Å². The summed E-state index contributed by atoms with van der Waals surface area (Å²) in [5.74, 6) is 0.176. The summed E-state index contributed by atoms with van der Waals surface area (Å²) in [6, 6.07) is 6.00. The molecule has 0 unspecified atom stereocenters. The minimum absolute atomic E-state index is 0.0296. The van der Waals surface area contributed by atoms with Gasteiger partial charge in [-0.3, -0.25) is 9.69 Å². The molecule has 1 aromatic carbocycles. The number of amides is 1. The Morgan fingerprint density at radius 2 is 1.61 bits per heavy atom. The van der Waals surface area contributed by atoms with Crippen molar-refractivity contribution in [2.45, 2.75) is 55.5 Å². The average Bonchev–Trinajstić information content (AvgIpc) is 3.14. The number of rotatable bonds is 6. The Morgan fingerprint density at radius 1 is 0.970 bits per heavy atom. The maximum Gasteiger partial charge on any atom is 0.243 e. The molecule has 2 heterocycles. The minimum Gasteiger partial charge on any atom is -0.335 e. The third-order valence-corrected chi connectivity index (χ3v) is 10.9. The first-order valence-corrected chi connectivity index (χ1v) is 15.3. The topological polar surface area (TPSA) is 95.1 Å². The zero-order valence-corrected chi connectivity index (χ0v) is 21.1. The predicted molar refractivity (Wildman–Crippen MR) is 127 cm³/mol. The van der Waals surface area contributed by atoms with E-state index < -0.39 is 19.9 Å². The molecular weight excluding hydrogens is 486 g/mol. The highest BCUT2D eigenvalue weighted by atomic mass is 35.5. The summed E-state index contributed by atoms with van der Waals surface area (Å²) >= 11 is 5.87. The van der Waals surface area contributed by atoms with E-state index in [2.05, 4.69) is 0 Å². The monoisotopic (exact) mass is 517 g/mol. The minimum atomic E-state index is -3.60. The Kier molecular flexibility index (Phi) is 7.69. The van der Waals surface area contributed by atoms with Crippen LogP contribution in [0.3, 0.4) is 0 Å². The molecule has 184 valence electrons. The maximum atomic E-state index is 13.4. The Labute approximate surface area is 201 Å². The van der Waals surface area contributed by atoms with Gasteiger partial charge in [0.25, 0.3) is 0 Å². The maximum absolute atomic E-state index is 13.4. The summed E-state index contributed by atoms with van der Waals surface area (Å²) in [6.45, 7) is 1.72. The molecule has 1 aliphatic carbocycles. The molecule has 1 aromatic rings. The Hall–Kier alpha value is -1.20. The average molecular weight is 518 g/mol. The summed E-state index contributed by atoms with van der Waals surface area (Å²) in [4.78, 5) is 17.5. The van der Waals surface area contributed by atoms with Crippen molar-refractivity contribution in [1.82, 2.24) is 14.1 Å². The first kappa shape index (κ1) is 24.9. The molecule has 1 saturated carbocycles. The fourth-order valence-corrected chi connectivity index (χ4v) is 8.48. The molecule has 1 amide bonds. The zero-order valence-electron chi connectivity index (χ0n) is 18.7. The Morgan fingerprint density at radius 3 is 2.18 bits per heavy atom. The number of carbonyl (C=O) groups excluding carboxylic acids is 1. The molecule has 0 radical (unpaired) electrons. The number of carbonyl (C=O) groups is 1. The zero-order chi connectivity index (χ0) is 23.6. The molecule has 2 aliphatic heterocycles. The van der Waals surface area contributed by atoms with E-state index in [1.807, 2.05) is 9.80 Å². The second kappa shape index (κ2) is 10.2. The molecule has 33 heavy (non-hydrogen) atoms. The van der Waals surface area contributed by atoms with Crippen LogP contribution >= 0.6 is 11.6 Å². The molecule has 8 nitrogen and oxygen atoms in total. The van der Waals surface area contributed by atoms with Crippen molar-refractivity contribution in [1.29, 1.82) is 0 Å². The Bertz CT molecular complexity index is 1050. The lowest BCUT2D eigenvalue weighted by Crippen LogP contribution is -2.55. The summed E-state index contributed by atoms with van der Waals surface area (Å²) < 4.78 is 51.4. The van der Waals surface area contributed by atoms with Gasteiger partial charge in [0, 0.05) is 43.3 Å². The van der Waals surface area contributed by atoms with Gasteiger partial charge in [-0.25, -0.2) is 16.8 Å². The van der Waals surface area contributed by atoms with Crippen LogP contribution < -0.4 is 0 Å². The van der Waals surface area contributed by atoms with Gasteiger partial charge in [-0.1, -0.05) is 30.9 Å². The third-order valence-electron chi connectivity index (χ3n) is 7.00. The van der Waals surface area contributed by atoms with Crippen molar-refractivity contribution in [2.24, 2.45) is 0 Å². The summed E-state index contributed by atoms with van der Waals surface area (Å²) in [5.41, 5.74) is 0. The van der Waals surface area contributed by atoms with E-state index >= 15 is 0 Å². The normalized spacial score (nSPS) is 25.2. The molecular formula is C22H32ClN3O5S2. The quantitative estimate of drug-likeness (QED) is 0.572. The van der Waals surface area contributed by atoms with Gasteiger partial charge in [-0.15, -0.1) is 0 Å². The lowest BCUT2D eigenvalue weighted by atomic mass is 9.92. The number of sulfone groups is 1. The van der Waals surface area contributed by atoms with Gasteiger partial charge < -0.3 is 4.90 Å². The lowest BCUT2D eigenvalue weighted by molar-refractivity contribution is -0.138. The molecule has 2 saturated heterocycles. The highest BCUT2D eigenvalue weighted by molar-refractivity contribution is 7.91. The standard InChI is InChI=1S/C22H32ClN3O5S2/c23-18-6-8-21(9-7-18)33(30,31)25-13-11-24(12-14-25)16-22(27)26(19-4-2-1-3-5-19)20-10-15-32(28,29)17-20/h6-9,19-20H,1-5,10-17H2/t20-/m0/s1. The Balaban J connectivity index is 1.39. The number of piperazine rings is 1. The van der Waals surface area contributed by atoms with Crippen molar-refractivity contribution in [3.05, 3.63) is 29.3 Å². The number of nitrogens with zero attached hydrogens (tertiary/aromatic N) is 3. The van der Waals surface area contributed by atoms with Crippen molar-refractivity contribution in [3.8, 4) is 0 Å². The van der Waals surface area contributed by atoms with E-state index in [9.17, 15) is 21.6 Å². The first-order chi connectivity index (χ1) is 15.7. The molecule has 0 aromatic heterocycles. The molecule has 3 aliphatic rings. The second-order valence-electron chi connectivity index (χ2n) is 9.28. The number of hydrogen-bond acceptors (Lipinski definition) is 6. The van der Waals surface area contributed by atoms with Crippen molar-refractivity contribution < 1.29 is 21.6 Å². The smallest absolute Gasteiger partial charge is 0.243 e. The van der Waals surface area contributed by atoms with Crippen LogP contribution in [0.2, 0.25) is 5.02 Å². The predicted octanol–water partition coefficient (Wildman–Crippen LogP) is 1.99. The van der Waals surface area contributed by atoms with Crippen LogP contribution in [0.5, 0.6) is 0 Å². The first-order valence-electron chi connectivity index (χ1n) is 11.7. The number of benzene rings is 1. The largest absolute Gasteiger partial charge is 0.335 e.